The fraction of sp³-hybridized carbons (Fsp3) is 0.517. The molecule has 0 spiro atoms. The van der Waals surface area contributed by atoms with Crippen LogP contribution < -0.4 is 0 Å². The quantitative estimate of drug-likeness (QED) is 0.432. The zero-order chi connectivity index (χ0) is 25.9. The molecule has 0 aromatic heterocycles. The molecule has 7 heteroatoms. The molecule has 3 unspecified atom stereocenters. The number of aliphatic hydroxyl groups excluding tert-OH is 1. The van der Waals surface area contributed by atoms with Crippen LogP contribution in [-0.2, 0) is 15.1 Å². The van der Waals surface area contributed by atoms with Gasteiger partial charge in [0.25, 0.3) is 0 Å². The molecule has 2 aromatic rings. The molecule has 4 rings (SSSR count). The molecule has 0 bridgehead atoms. The molecule has 1 amide bonds. The maximum absolute atomic E-state index is 13.6. The fourth-order valence-corrected chi connectivity index (χ4v) is 7.19. The van der Waals surface area contributed by atoms with Crippen LogP contribution in [0.1, 0.15) is 75.8 Å². The molecule has 2 aromatic carbocycles. The molecule has 1 saturated carbocycles. The van der Waals surface area contributed by atoms with Gasteiger partial charge in [-0.3, -0.25) is 4.79 Å². The van der Waals surface area contributed by atoms with Crippen molar-refractivity contribution in [2.75, 3.05) is 7.05 Å². The number of nitrogens with zero attached hydrogens (tertiary/aromatic N) is 1. The van der Waals surface area contributed by atoms with Crippen LogP contribution in [0.25, 0.3) is 0 Å². The van der Waals surface area contributed by atoms with E-state index in [4.69, 9.17) is 4.74 Å². The third-order valence-electron chi connectivity index (χ3n) is 7.91. The molecule has 6 nitrogen and oxygen atoms in total. The molecule has 1 saturated heterocycles. The number of aliphatic hydroxyl groups is 1. The number of ether oxygens (including phenoxy) is 1. The molecule has 2 aliphatic rings. The van der Waals surface area contributed by atoms with E-state index in [1.807, 2.05) is 48.5 Å². The van der Waals surface area contributed by atoms with E-state index in [9.17, 15) is 19.8 Å². The SMILES string of the molecule is CC(C)c1ccccc1SC1C(=O)OC(CC2(N(C)C(=O)O)CCCCC2)(c2ccccc2)CC1O. The smallest absolute Gasteiger partial charge is 0.407 e. The summed E-state index contributed by atoms with van der Waals surface area (Å²) in [6.45, 7) is 4.22. The Morgan fingerprint density at radius 2 is 1.72 bits per heavy atom. The van der Waals surface area contributed by atoms with Crippen LogP contribution in [0.2, 0.25) is 0 Å². The number of cyclic esters (lactones) is 1. The van der Waals surface area contributed by atoms with Gasteiger partial charge in [0.15, 0.2) is 0 Å². The van der Waals surface area contributed by atoms with Gasteiger partial charge in [0.05, 0.1) is 11.6 Å². The third-order valence-corrected chi connectivity index (χ3v) is 9.30. The van der Waals surface area contributed by atoms with Crippen molar-refractivity contribution in [2.45, 2.75) is 92.1 Å². The zero-order valence-electron chi connectivity index (χ0n) is 21.4. The third kappa shape index (κ3) is 5.28. The summed E-state index contributed by atoms with van der Waals surface area (Å²) >= 11 is 1.36. The number of carbonyl (C=O) groups excluding carboxylic acids is 1. The first-order chi connectivity index (χ1) is 17.2. The summed E-state index contributed by atoms with van der Waals surface area (Å²) in [5, 5.41) is 20.6. The van der Waals surface area contributed by atoms with E-state index in [0.717, 1.165) is 35.3 Å². The summed E-state index contributed by atoms with van der Waals surface area (Å²) in [5.74, 6) is -0.170. The average molecular weight is 512 g/mol. The first kappa shape index (κ1) is 26.6. The molecule has 1 heterocycles. The van der Waals surface area contributed by atoms with Crippen LogP contribution >= 0.6 is 11.8 Å². The summed E-state index contributed by atoms with van der Waals surface area (Å²) in [6, 6.07) is 17.5. The molecule has 1 aliphatic carbocycles. The lowest BCUT2D eigenvalue weighted by Crippen LogP contribution is -2.58. The van der Waals surface area contributed by atoms with Gasteiger partial charge in [-0.1, -0.05) is 81.6 Å². The van der Waals surface area contributed by atoms with Gasteiger partial charge in [0.2, 0.25) is 0 Å². The summed E-state index contributed by atoms with van der Waals surface area (Å²) in [4.78, 5) is 28.1. The highest BCUT2D eigenvalue weighted by molar-refractivity contribution is 8.00. The van der Waals surface area contributed by atoms with Gasteiger partial charge >= 0.3 is 12.1 Å². The Balaban J connectivity index is 1.69. The molecule has 1 aliphatic heterocycles. The molecular weight excluding hydrogens is 474 g/mol. The highest BCUT2D eigenvalue weighted by Crippen LogP contribution is 2.50. The molecule has 3 atom stereocenters. The normalized spacial score (nSPS) is 25.9. The Hall–Kier alpha value is -2.51. The van der Waals surface area contributed by atoms with Gasteiger partial charge in [0.1, 0.15) is 10.9 Å². The number of carboxylic acid groups (broad SMARTS) is 1. The lowest BCUT2D eigenvalue weighted by atomic mass is 9.69. The van der Waals surface area contributed by atoms with Crippen LogP contribution in [0.3, 0.4) is 0 Å². The van der Waals surface area contributed by atoms with Gasteiger partial charge in [0, 0.05) is 24.8 Å². The maximum Gasteiger partial charge on any atom is 0.407 e. The van der Waals surface area contributed by atoms with Crippen molar-refractivity contribution < 1.29 is 24.5 Å². The van der Waals surface area contributed by atoms with Crippen LogP contribution in [0.4, 0.5) is 4.79 Å². The van der Waals surface area contributed by atoms with E-state index in [-0.39, 0.29) is 12.3 Å². The molecule has 2 fully saturated rings. The van der Waals surface area contributed by atoms with Crippen molar-refractivity contribution in [3.05, 3.63) is 65.7 Å². The predicted octanol–water partition coefficient (Wildman–Crippen LogP) is 6.18. The number of esters is 1. The summed E-state index contributed by atoms with van der Waals surface area (Å²) < 4.78 is 6.33. The Kier molecular flexibility index (Phi) is 8.00. The molecule has 194 valence electrons. The largest absolute Gasteiger partial charge is 0.465 e. The number of amides is 1. The van der Waals surface area contributed by atoms with E-state index in [2.05, 4.69) is 19.9 Å². The van der Waals surface area contributed by atoms with Crippen LogP contribution in [0.15, 0.2) is 59.5 Å². The Morgan fingerprint density at radius 1 is 1.08 bits per heavy atom. The summed E-state index contributed by atoms with van der Waals surface area (Å²) in [5.41, 5.74) is 0.163. The van der Waals surface area contributed by atoms with Crippen LogP contribution in [0, 0.1) is 0 Å². The monoisotopic (exact) mass is 511 g/mol. The number of thioether (sulfide) groups is 1. The van der Waals surface area contributed by atoms with Crippen molar-refractivity contribution in [3.63, 3.8) is 0 Å². The van der Waals surface area contributed by atoms with Crippen molar-refractivity contribution >= 4 is 23.8 Å². The van der Waals surface area contributed by atoms with Crippen LogP contribution in [0.5, 0.6) is 0 Å². The highest BCUT2D eigenvalue weighted by atomic mass is 32.2. The second-order valence-corrected chi connectivity index (χ2v) is 11.8. The van der Waals surface area contributed by atoms with E-state index in [1.54, 1.807) is 7.05 Å². The average Bonchev–Trinajstić information content (AvgIpc) is 2.87. The molecule has 0 radical (unpaired) electrons. The predicted molar refractivity (Wildman–Crippen MR) is 141 cm³/mol. The minimum absolute atomic E-state index is 0.222. The summed E-state index contributed by atoms with van der Waals surface area (Å²) in [7, 11) is 1.62. The Morgan fingerprint density at radius 3 is 2.33 bits per heavy atom. The number of hydrogen-bond acceptors (Lipinski definition) is 5. The van der Waals surface area contributed by atoms with Crippen molar-refractivity contribution in [1.29, 1.82) is 0 Å². The first-order valence-corrected chi connectivity index (χ1v) is 13.7. The highest BCUT2D eigenvalue weighted by Gasteiger charge is 2.54. The van der Waals surface area contributed by atoms with Gasteiger partial charge in [-0.05, 0) is 36.0 Å². The van der Waals surface area contributed by atoms with E-state index < -0.39 is 34.6 Å². The second-order valence-electron chi connectivity index (χ2n) is 10.6. The minimum Gasteiger partial charge on any atom is -0.465 e. The van der Waals surface area contributed by atoms with Crippen molar-refractivity contribution in [1.82, 2.24) is 4.90 Å². The van der Waals surface area contributed by atoms with E-state index in [1.165, 1.54) is 16.7 Å². The zero-order valence-corrected chi connectivity index (χ0v) is 22.2. The number of hydrogen-bond donors (Lipinski definition) is 2. The van der Waals surface area contributed by atoms with Gasteiger partial charge in [-0.25, -0.2) is 4.79 Å². The molecule has 2 N–H and O–H groups in total. The van der Waals surface area contributed by atoms with Gasteiger partial charge < -0.3 is 19.8 Å². The van der Waals surface area contributed by atoms with Crippen LogP contribution in [-0.4, -0.2) is 51.1 Å². The Labute approximate surface area is 218 Å². The topological polar surface area (TPSA) is 87.1 Å². The lowest BCUT2D eigenvalue weighted by molar-refractivity contribution is -0.183. The summed E-state index contributed by atoms with van der Waals surface area (Å²) in [6.07, 6.45) is 2.94. The number of benzene rings is 2. The van der Waals surface area contributed by atoms with E-state index >= 15 is 0 Å². The molecular formula is C29H37NO5S. The molecule has 36 heavy (non-hydrogen) atoms. The fourth-order valence-electron chi connectivity index (χ4n) is 5.93. The van der Waals surface area contributed by atoms with E-state index in [0.29, 0.717) is 19.3 Å². The van der Waals surface area contributed by atoms with Crippen molar-refractivity contribution in [2.24, 2.45) is 0 Å². The minimum atomic E-state index is -1.10. The standard InChI is InChI=1S/C29H37NO5S/c1-20(2)22-14-8-9-15-24(22)36-25-23(31)18-29(35-26(25)32,21-12-6-4-7-13-21)19-28(30(3)27(33)34)16-10-5-11-17-28/h4,6-9,12-15,20,23,25,31H,5,10-11,16-19H2,1-3H3,(H,33,34). The van der Waals surface area contributed by atoms with Gasteiger partial charge in [-0.2, -0.15) is 0 Å². The number of carbonyl (C=O) groups is 2. The Bertz CT molecular complexity index is 1070. The van der Waals surface area contributed by atoms with Crippen molar-refractivity contribution in [3.8, 4) is 0 Å². The number of rotatable bonds is 7. The first-order valence-electron chi connectivity index (χ1n) is 12.9. The maximum atomic E-state index is 13.6. The second kappa shape index (κ2) is 10.9. The van der Waals surface area contributed by atoms with Gasteiger partial charge in [-0.15, -0.1) is 11.8 Å². The lowest BCUT2D eigenvalue weighted by Gasteiger charge is -2.51.